The van der Waals surface area contributed by atoms with Gasteiger partial charge in [0.05, 0.1) is 18.9 Å². The molecule has 0 aliphatic carbocycles. The first-order chi connectivity index (χ1) is 10.1. The minimum absolute atomic E-state index is 0.0469. The smallest absolute Gasteiger partial charge is 0.275 e. The molecule has 0 aliphatic rings. The SMILES string of the molecule is COc1cccc(C(=O)N/N=C/c2ccc(F)cc2)c1O. The van der Waals surface area contributed by atoms with E-state index in [1.54, 1.807) is 6.07 Å². The topological polar surface area (TPSA) is 70.9 Å². The molecule has 0 bridgehead atoms. The number of aromatic hydroxyl groups is 1. The van der Waals surface area contributed by atoms with Gasteiger partial charge in [0.1, 0.15) is 5.82 Å². The Morgan fingerprint density at radius 3 is 2.67 bits per heavy atom. The van der Waals surface area contributed by atoms with Crippen molar-refractivity contribution in [2.75, 3.05) is 7.11 Å². The van der Waals surface area contributed by atoms with E-state index in [1.807, 2.05) is 0 Å². The summed E-state index contributed by atoms with van der Waals surface area (Å²) >= 11 is 0. The first kappa shape index (κ1) is 14.5. The molecule has 2 rings (SSSR count). The minimum atomic E-state index is -0.579. The molecule has 0 aromatic heterocycles. The highest BCUT2D eigenvalue weighted by Crippen LogP contribution is 2.29. The number of nitrogens with zero attached hydrogens (tertiary/aromatic N) is 1. The molecule has 0 atom stereocenters. The fraction of sp³-hybridized carbons (Fsp3) is 0.0667. The van der Waals surface area contributed by atoms with Gasteiger partial charge >= 0.3 is 0 Å². The van der Waals surface area contributed by atoms with Crippen molar-refractivity contribution in [1.29, 1.82) is 0 Å². The van der Waals surface area contributed by atoms with E-state index in [0.29, 0.717) is 5.56 Å². The number of ether oxygens (including phenoxy) is 1. The first-order valence-electron chi connectivity index (χ1n) is 6.06. The van der Waals surface area contributed by atoms with Crippen LogP contribution in [-0.4, -0.2) is 24.3 Å². The van der Waals surface area contributed by atoms with Gasteiger partial charge < -0.3 is 9.84 Å². The van der Waals surface area contributed by atoms with Gasteiger partial charge in [-0.15, -0.1) is 0 Å². The zero-order valence-corrected chi connectivity index (χ0v) is 11.2. The quantitative estimate of drug-likeness (QED) is 0.670. The second-order valence-electron chi connectivity index (χ2n) is 4.11. The number of phenolic OH excluding ortho intramolecular Hbond substituents is 1. The minimum Gasteiger partial charge on any atom is -0.504 e. The molecule has 2 N–H and O–H groups in total. The summed E-state index contributed by atoms with van der Waals surface area (Å²) in [5, 5.41) is 13.6. The average Bonchev–Trinajstić information content (AvgIpc) is 2.49. The van der Waals surface area contributed by atoms with Crippen LogP contribution in [0.2, 0.25) is 0 Å². The van der Waals surface area contributed by atoms with E-state index in [1.165, 1.54) is 49.7 Å². The molecule has 0 unspecified atom stereocenters. The lowest BCUT2D eigenvalue weighted by Gasteiger charge is -2.07. The summed E-state index contributed by atoms with van der Waals surface area (Å²) in [6, 6.07) is 10.2. The zero-order chi connectivity index (χ0) is 15.2. The van der Waals surface area contributed by atoms with Crippen molar-refractivity contribution in [2.45, 2.75) is 0 Å². The number of carbonyl (C=O) groups excluding carboxylic acids is 1. The third-order valence-corrected chi connectivity index (χ3v) is 2.71. The lowest BCUT2D eigenvalue weighted by Crippen LogP contribution is -2.17. The molecule has 0 radical (unpaired) electrons. The highest BCUT2D eigenvalue weighted by atomic mass is 19.1. The van der Waals surface area contributed by atoms with Crippen molar-refractivity contribution in [1.82, 2.24) is 5.43 Å². The van der Waals surface area contributed by atoms with Crippen molar-refractivity contribution in [2.24, 2.45) is 5.10 Å². The molecule has 2 aromatic rings. The second-order valence-corrected chi connectivity index (χ2v) is 4.11. The number of amides is 1. The Labute approximate surface area is 120 Å². The molecule has 2 aromatic carbocycles. The number of hydrazone groups is 1. The molecule has 0 saturated heterocycles. The summed E-state index contributed by atoms with van der Waals surface area (Å²) in [7, 11) is 1.39. The molecular weight excluding hydrogens is 275 g/mol. The number of hydrogen-bond donors (Lipinski definition) is 2. The molecule has 0 saturated carbocycles. The van der Waals surface area contributed by atoms with Crippen LogP contribution in [0.5, 0.6) is 11.5 Å². The maximum atomic E-state index is 12.7. The van der Waals surface area contributed by atoms with E-state index in [9.17, 15) is 14.3 Å². The van der Waals surface area contributed by atoms with E-state index in [-0.39, 0.29) is 22.9 Å². The molecule has 0 fully saturated rings. The van der Waals surface area contributed by atoms with Crippen LogP contribution in [0.25, 0.3) is 0 Å². The largest absolute Gasteiger partial charge is 0.504 e. The summed E-state index contributed by atoms with van der Waals surface area (Å²) in [6.07, 6.45) is 1.37. The number of methoxy groups -OCH3 is 1. The van der Waals surface area contributed by atoms with Crippen LogP contribution in [0.4, 0.5) is 4.39 Å². The van der Waals surface area contributed by atoms with Crippen LogP contribution in [0.3, 0.4) is 0 Å². The molecule has 21 heavy (non-hydrogen) atoms. The summed E-state index contributed by atoms with van der Waals surface area (Å²) in [6.45, 7) is 0. The Morgan fingerprint density at radius 2 is 2.00 bits per heavy atom. The predicted octanol–water partition coefficient (Wildman–Crippen LogP) is 2.30. The van der Waals surface area contributed by atoms with Gasteiger partial charge in [-0.25, -0.2) is 9.82 Å². The van der Waals surface area contributed by atoms with Crippen molar-refractivity contribution < 1.29 is 19.0 Å². The number of para-hydroxylation sites is 1. The van der Waals surface area contributed by atoms with Crippen molar-refractivity contribution in [3.05, 3.63) is 59.4 Å². The zero-order valence-electron chi connectivity index (χ0n) is 11.2. The standard InChI is InChI=1S/C15H13FN2O3/c1-21-13-4-2-3-12(14(13)19)15(20)18-17-9-10-5-7-11(16)8-6-10/h2-9,19H,1H3,(H,18,20)/b17-9+. The van der Waals surface area contributed by atoms with Crippen LogP contribution in [0, 0.1) is 5.82 Å². The van der Waals surface area contributed by atoms with Gasteiger partial charge in [-0.05, 0) is 29.8 Å². The monoisotopic (exact) mass is 288 g/mol. The first-order valence-corrected chi connectivity index (χ1v) is 6.06. The molecular formula is C15H13FN2O3. The van der Waals surface area contributed by atoms with Crippen molar-refractivity contribution in [3.63, 3.8) is 0 Å². The van der Waals surface area contributed by atoms with E-state index in [4.69, 9.17) is 4.74 Å². The van der Waals surface area contributed by atoms with Gasteiger partial charge in [0.25, 0.3) is 5.91 Å². The van der Waals surface area contributed by atoms with Crippen LogP contribution in [0.15, 0.2) is 47.6 Å². The fourth-order valence-electron chi connectivity index (χ4n) is 1.64. The number of rotatable bonds is 4. The molecule has 0 heterocycles. The van der Waals surface area contributed by atoms with Gasteiger partial charge in [-0.2, -0.15) is 5.10 Å². The van der Waals surface area contributed by atoms with E-state index >= 15 is 0 Å². The molecule has 6 heteroatoms. The molecule has 0 aliphatic heterocycles. The Hall–Kier alpha value is -2.89. The number of benzene rings is 2. The number of hydrogen-bond acceptors (Lipinski definition) is 4. The third kappa shape index (κ3) is 3.56. The van der Waals surface area contributed by atoms with E-state index < -0.39 is 5.91 Å². The van der Waals surface area contributed by atoms with Gasteiger partial charge in [0.15, 0.2) is 11.5 Å². The highest BCUT2D eigenvalue weighted by Gasteiger charge is 2.13. The van der Waals surface area contributed by atoms with Crippen LogP contribution in [-0.2, 0) is 0 Å². The Balaban J connectivity index is 2.07. The van der Waals surface area contributed by atoms with Gasteiger partial charge in [0.2, 0.25) is 0 Å². The van der Waals surface area contributed by atoms with Crippen LogP contribution in [0.1, 0.15) is 15.9 Å². The number of halogens is 1. The summed E-state index contributed by atoms with van der Waals surface area (Å²) in [5.74, 6) is -0.984. The predicted molar refractivity (Wildman–Crippen MR) is 76.1 cm³/mol. The molecule has 108 valence electrons. The van der Waals surface area contributed by atoms with Gasteiger partial charge in [-0.3, -0.25) is 4.79 Å². The lowest BCUT2D eigenvalue weighted by atomic mass is 10.2. The summed E-state index contributed by atoms with van der Waals surface area (Å²) < 4.78 is 17.6. The number of carbonyl (C=O) groups is 1. The van der Waals surface area contributed by atoms with Gasteiger partial charge in [-0.1, -0.05) is 18.2 Å². The van der Waals surface area contributed by atoms with Crippen LogP contribution >= 0.6 is 0 Å². The lowest BCUT2D eigenvalue weighted by molar-refractivity contribution is 0.0952. The summed E-state index contributed by atoms with van der Waals surface area (Å²) in [5.41, 5.74) is 2.95. The fourth-order valence-corrected chi connectivity index (χ4v) is 1.64. The highest BCUT2D eigenvalue weighted by molar-refractivity contribution is 5.98. The summed E-state index contributed by atoms with van der Waals surface area (Å²) in [4.78, 5) is 11.9. The molecule has 1 amide bonds. The average molecular weight is 288 g/mol. The van der Waals surface area contributed by atoms with E-state index in [0.717, 1.165) is 0 Å². The molecule has 0 spiro atoms. The number of phenols is 1. The van der Waals surface area contributed by atoms with Crippen molar-refractivity contribution in [3.8, 4) is 11.5 Å². The Bertz CT molecular complexity index is 669. The normalized spacial score (nSPS) is 10.6. The Morgan fingerprint density at radius 1 is 1.29 bits per heavy atom. The van der Waals surface area contributed by atoms with Crippen LogP contribution < -0.4 is 10.2 Å². The third-order valence-electron chi connectivity index (χ3n) is 2.71. The molecule has 5 nitrogen and oxygen atoms in total. The Kier molecular flexibility index (Phi) is 4.50. The second kappa shape index (κ2) is 6.51. The maximum Gasteiger partial charge on any atom is 0.275 e. The van der Waals surface area contributed by atoms with Crippen molar-refractivity contribution >= 4 is 12.1 Å². The van der Waals surface area contributed by atoms with Gasteiger partial charge in [0, 0.05) is 0 Å². The maximum absolute atomic E-state index is 12.7. The number of nitrogens with one attached hydrogen (secondary N) is 1. The van der Waals surface area contributed by atoms with E-state index in [2.05, 4.69) is 10.5 Å².